The van der Waals surface area contributed by atoms with Crippen molar-refractivity contribution in [1.29, 1.82) is 0 Å². The fourth-order valence-electron chi connectivity index (χ4n) is 3.64. The van der Waals surface area contributed by atoms with Gasteiger partial charge in [-0.1, -0.05) is 51.2 Å². The summed E-state index contributed by atoms with van der Waals surface area (Å²) < 4.78 is 48.9. The van der Waals surface area contributed by atoms with Crippen LogP contribution in [0.1, 0.15) is 51.0 Å². The van der Waals surface area contributed by atoms with Crippen LogP contribution in [0.2, 0.25) is 0 Å². The highest BCUT2D eigenvalue weighted by molar-refractivity contribution is 5.27. The lowest BCUT2D eigenvalue weighted by molar-refractivity contribution is -0.0227. The number of methoxy groups -OCH3 is 1. The molecule has 40 heavy (non-hydrogen) atoms. The third kappa shape index (κ3) is 25.7. The Bertz CT molecular complexity index is 615. The third-order valence-corrected chi connectivity index (χ3v) is 5.90. The van der Waals surface area contributed by atoms with Crippen LogP contribution in [0.4, 0.5) is 0 Å². The van der Waals surface area contributed by atoms with E-state index in [9.17, 15) is 0 Å². The topological polar surface area (TPSA) is 83.1 Å². The second-order valence-corrected chi connectivity index (χ2v) is 9.29. The molecule has 0 aliphatic carbocycles. The zero-order valence-corrected chi connectivity index (χ0v) is 25.2. The van der Waals surface area contributed by atoms with Gasteiger partial charge in [0.2, 0.25) is 0 Å². The van der Waals surface area contributed by atoms with Gasteiger partial charge < -0.3 is 42.6 Å². The lowest BCUT2D eigenvalue weighted by atomic mass is 10.0. The molecule has 0 heterocycles. The first-order valence-electron chi connectivity index (χ1n) is 15.1. The molecule has 0 fully saturated rings. The van der Waals surface area contributed by atoms with Crippen molar-refractivity contribution >= 4 is 0 Å². The van der Waals surface area contributed by atoms with Crippen molar-refractivity contribution in [2.24, 2.45) is 0 Å². The predicted molar refractivity (Wildman–Crippen MR) is 157 cm³/mol. The molecule has 0 saturated carbocycles. The maximum atomic E-state index is 5.76. The quantitative estimate of drug-likeness (QED) is 0.114. The predicted octanol–water partition coefficient (Wildman–Crippen LogP) is 4.73. The van der Waals surface area contributed by atoms with Crippen LogP contribution in [-0.4, -0.2) is 113 Å². The number of aryl methyl sites for hydroxylation is 1. The van der Waals surface area contributed by atoms with Gasteiger partial charge in [-0.15, -0.1) is 0 Å². The van der Waals surface area contributed by atoms with Gasteiger partial charge in [0.15, 0.2) is 0 Å². The Morgan fingerprint density at radius 1 is 0.425 bits per heavy atom. The molecule has 0 aliphatic rings. The maximum Gasteiger partial charge on any atom is 0.119 e. The van der Waals surface area contributed by atoms with E-state index in [1.165, 1.54) is 44.1 Å². The first-order chi connectivity index (χ1) is 19.9. The molecule has 0 N–H and O–H groups in total. The highest BCUT2D eigenvalue weighted by atomic mass is 16.6. The SMILES string of the molecule is CCCCCCCCc1ccc(OCCOCCOCCOCCOCCOCCOCCOCCOC)cc1. The van der Waals surface area contributed by atoms with Gasteiger partial charge in [-0.25, -0.2) is 0 Å². The van der Waals surface area contributed by atoms with Crippen molar-refractivity contribution in [3.8, 4) is 5.75 Å². The van der Waals surface area contributed by atoms with Gasteiger partial charge in [0.05, 0.1) is 99.1 Å². The van der Waals surface area contributed by atoms with Crippen molar-refractivity contribution in [2.45, 2.75) is 51.9 Å². The summed E-state index contributed by atoms with van der Waals surface area (Å²) in [6.45, 7) is 11.0. The summed E-state index contributed by atoms with van der Waals surface area (Å²) in [4.78, 5) is 0. The zero-order chi connectivity index (χ0) is 28.6. The molecule has 1 rings (SSSR count). The fourth-order valence-corrected chi connectivity index (χ4v) is 3.64. The van der Waals surface area contributed by atoms with E-state index in [1.54, 1.807) is 7.11 Å². The van der Waals surface area contributed by atoms with Crippen LogP contribution in [0.15, 0.2) is 24.3 Å². The molecule has 9 nitrogen and oxygen atoms in total. The van der Waals surface area contributed by atoms with E-state index in [4.69, 9.17) is 42.6 Å². The maximum absolute atomic E-state index is 5.76. The Balaban J connectivity index is 1.74. The Morgan fingerprint density at radius 2 is 0.800 bits per heavy atom. The average molecular weight is 573 g/mol. The third-order valence-electron chi connectivity index (χ3n) is 5.90. The van der Waals surface area contributed by atoms with E-state index in [1.807, 2.05) is 0 Å². The first kappa shape index (κ1) is 36.7. The summed E-state index contributed by atoms with van der Waals surface area (Å²) in [5.74, 6) is 0.890. The van der Waals surface area contributed by atoms with E-state index in [-0.39, 0.29) is 0 Å². The molecule has 0 unspecified atom stereocenters. The van der Waals surface area contributed by atoms with Gasteiger partial charge in [-0.2, -0.15) is 0 Å². The zero-order valence-electron chi connectivity index (χ0n) is 25.2. The summed E-state index contributed by atoms with van der Waals surface area (Å²) >= 11 is 0. The molecule has 0 spiro atoms. The molecule has 0 saturated heterocycles. The van der Waals surface area contributed by atoms with E-state index < -0.39 is 0 Å². The van der Waals surface area contributed by atoms with Crippen molar-refractivity contribution in [3.63, 3.8) is 0 Å². The Labute approximate surface area is 243 Å². The standard InChI is InChI=1S/C31H56O9/c1-3-4-5-6-7-8-9-30-10-12-31(13-11-30)40-29-28-39-27-26-38-25-24-37-23-22-36-21-20-35-19-18-34-17-16-33-15-14-32-2/h10-13H,3-9,14-29H2,1-2H3. The fraction of sp³-hybridized carbons (Fsp3) is 0.806. The molecule has 0 aromatic heterocycles. The van der Waals surface area contributed by atoms with Gasteiger partial charge in [0.25, 0.3) is 0 Å². The normalized spacial score (nSPS) is 11.3. The smallest absolute Gasteiger partial charge is 0.119 e. The summed E-state index contributed by atoms with van der Waals surface area (Å²) in [7, 11) is 1.65. The summed E-state index contributed by atoms with van der Waals surface area (Å²) in [5.41, 5.74) is 1.38. The molecule has 0 atom stereocenters. The molecule has 1 aromatic rings. The van der Waals surface area contributed by atoms with Gasteiger partial charge in [-0.3, -0.25) is 0 Å². The minimum atomic E-state index is 0.531. The minimum absolute atomic E-state index is 0.531. The molecule has 0 aliphatic heterocycles. The highest BCUT2D eigenvalue weighted by Crippen LogP contribution is 2.15. The number of benzene rings is 1. The minimum Gasteiger partial charge on any atom is -0.491 e. The van der Waals surface area contributed by atoms with E-state index in [2.05, 4.69) is 31.2 Å². The molecule has 234 valence electrons. The van der Waals surface area contributed by atoms with Crippen LogP contribution in [0.3, 0.4) is 0 Å². The average Bonchev–Trinajstić information content (AvgIpc) is 2.98. The largest absolute Gasteiger partial charge is 0.491 e. The molecule has 9 heteroatoms. The number of rotatable bonds is 32. The van der Waals surface area contributed by atoms with Crippen LogP contribution >= 0.6 is 0 Å². The van der Waals surface area contributed by atoms with Gasteiger partial charge >= 0.3 is 0 Å². The summed E-state index contributed by atoms with van der Waals surface area (Å²) in [6, 6.07) is 8.44. The van der Waals surface area contributed by atoms with Gasteiger partial charge in [0, 0.05) is 7.11 Å². The Hall–Kier alpha value is -1.30. The summed E-state index contributed by atoms with van der Waals surface area (Å²) in [5, 5.41) is 0. The summed E-state index contributed by atoms with van der Waals surface area (Å²) in [6.07, 6.45) is 9.12. The van der Waals surface area contributed by atoms with E-state index in [0.29, 0.717) is 106 Å². The molecular weight excluding hydrogens is 516 g/mol. The number of ether oxygens (including phenoxy) is 9. The van der Waals surface area contributed by atoms with Crippen LogP contribution < -0.4 is 4.74 Å². The second-order valence-electron chi connectivity index (χ2n) is 9.29. The Kier molecular flexibility index (Phi) is 28.1. The van der Waals surface area contributed by atoms with E-state index in [0.717, 1.165) is 12.2 Å². The van der Waals surface area contributed by atoms with Crippen molar-refractivity contribution in [1.82, 2.24) is 0 Å². The molecule has 0 radical (unpaired) electrons. The lowest BCUT2D eigenvalue weighted by Crippen LogP contribution is -2.15. The lowest BCUT2D eigenvalue weighted by Gasteiger charge is -2.09. The monoisotopic (exact) mass is 572 g/mol. The Morgan fingerprint density at radius 3 is 1.23 bits per heavy atom. The van der Waals surface area contributed by atoms with Crippen molar-refractivity contribution in [3.05, 3.63) is 29.8 Å². The number of unbranched alkanes of at least 4 members (excludes halogenated alkanes) is 5. The van der Waals surface area contributed by atoms with Crippen molar-refractivity contribution < 1.29 is 42.6 Å². The molecule has 0 bridgehead atoms. The first-order valence-corrected chi connectivity index (χ1v) is 15.1. The molecule has 0 amide bonds. The van der Waals surface area contributed by atoms with Crippen LogP contribution in [0.25, 0.3) is 0 Å². The number of hydrogen-bond acceptors (Lipinski definition) is 9. The molecule has 1 aromatic carbocycles. The van der Waals surface area contributed by atoms with Crippen LogP contribution in [-0.2, 0) is 44.3 Å². The second kappa shape index (κ2) is 30.7. The van der Waals surface area contributed by atoms with E-state index >= 15 is 0 Å². The van der Waals surface area contributed by atoms with Crippen LogP contribution in [0, 0.1) is 0 Å². The van der Waals surface area contributed by atoms with Crippen LogP contribution in [0.5, 0.6) is 5.75 Å². The number of hydrogen-bond donors (Lipinski definition) is 0. The van der Waals surface area contributed by atoms with Gasteiger partial charge in [-0.05, 0) is 30.5 Å². The molecular formula is C31H56O9. The van der Waals surface area contributed by atoms with Crippen molar-refractivity contribution in [2.75, 3.05) is 113 Å². The highest BCUT2D eigenvalue weighted by Gasteiger charge is 1.98. The van der Waals surface area contributed by atoms with Gasteiger partial charge in [0.1, 0.15) is 12.4 Å².